The van der Waals surface area contributed by atoms with Gasteiger partial charge in [0.05, 0.1) is 6.17 Å². The van der Waals surface area contributed by atoms with Crippen molar-refractivity contribution in [3.05, 3.63) is 29.3 Å². The molecular weight excluding hydrogens is 224 g/mol. The number of nitrogens with one attached hydrogen (secondary N) is 1. The number of rotatable bonds is 3. The first-order valence-electron chi connectivity index (χ1n) is 5.48. The van der Waals surface area contributed by atoms with Gasteiger partial charge in [0.2, 0.25) is 5.91 Å². The molecule has 1 aromatic rings. The van der Waals surface area contributed by atoms with Crippen LogP contribution < -0.4 is 5.32 Å². The van der Waals surface area contributed by atoms with E-state index in [0.717, 1.165) is 23.7 Å². The molecule has 86 valence electrons. The number of benzene rings is 1. The van der Waals surface area contributed by atoms with Crippen molar-refractivity contribution in [3.8, 4) is 0 Å². The second-order valence-corrected chi connectivity index (χ2v) is 4.45. The number of nitrogens with zero attached hydrogens (tertiary/aromatic N) is 1. The fourth-order valence-electron chi connectivity index (χ4n) is 1.94. The van der Waals surface area contributed by atoms with Gasteiger partial charge in [-0.15, -0.1) is 0 Å². The molecule has 1 aliphatic heterocycles. The standard InChI is InChI=1S/C12H15ClN2O/c1-9(15-8-2-3-12(15)16)14-11-6-4-10(13)5-7-11/h4-7,9,14H,2-3,8H2,1H3/t9-/m1/s1. The van der Waals surface area contributed by atoms with Gasteiger partial charge in [-0.05, 0) is 37.6 Å². The lowest BCUT2D eigenvalue weighted by atomic mass is 10.3. The summed E-state index contributed by atoms with van der Waals surface area (Å²) in [7, 11) is 0. The molecule has 0 aromatic heterocycles. The van der Waals surface area contributed by atoms with Crippen molar-refractivity contribution in [1.82, 2.24) is 4.90 Å². The lowest BCUT2D eigenvalue weighted by Gasteiger charge is -2.26. The maximum atomic E-state index is 11.5. The van der Waals surface area contributed by atoms with E-state index in [1.165, 1.54) is 0 Å². The van der Waals surface area contributed by atoms with E-state index < -0.39 is 0 Å². The number of amides is 1. The normalized spacial score (nSPS) is 17.6. The minimum absolute atomic E-state index is 0.0381. The van der Waals surface area contributed by atoms with Gasteiger partial charge in [0, 0.05) is 23.7 Å². The van der Waals surface area contributed by atoms with Crippen LogP contribution in [-0.2, 0) is 4.79 Å². The molecule has 1 heterocycles. The van der Waals surface area contributed by atoms with Crippen molar-refractivity contribution >= 4 is 23.2 Å². The molecule has 0 aliphatic carbocycles. The highest BCUT2D eigenvalue weighted by Crippen LogP contribution is 2.18. The minimum Gasteiger partial charge on any atom is -0.365 e. The van der Waals surface area contributed by atoms with Gasteiger partial charge in [-0.1, -0.05) is 11.6 Å². The van der Waals surface area contributed by atoms with Crippen molar-refractivity contribution < 1.29 is 4.79 Å². The van der Waals surface area contributed by atoms with Crippen molar-refractivity contribution in [2.45, 2.75) is 25.9 Å². The van der Waals surface area contributed by atoms with Crippen LogP contribution in [0.4, 0.5) is 5.69 Å². The summed E-state index contributed by atoms with van der Waals surface area (Å²) in [6.07, 6.45) is 1.68. The van der Waals surface area contributed by atoms with Gasteiger partial charge in [0.1, 0.15) is 0 Å². The average Bonchev–Trinajstić information content (AvgIpc) is 2.68. The lowest BCUT2D eigenvalue weighted by molar-refractivity contribution is -0.128. The fourth-order valence-corrected chi connectivity index (χ4v) is 2.07. The Morgan fingerprint density at radius 1 is 1.38 bits per heavy atom. The highest BCUT2D eigenvalue weighted by Gasteiger charge is 2.24. The van der Waals surface area contributed by atoms with Crippen LogP contribution in [0.2, 0.25) is 5.02 Å². The van der Waals surface area contributed by atoms with Crippen molar-refractivity contribution in [2.24, 2.45) is 0 Å². The molecule has 3 nitrogen and oxygen atoms in total. The lowest BCUT2D eigenvalue weighted by Crippen LogP contribution is -2.39. The summed E-state index contributed by atoms with van der Waals surface area (Å²) in [5.41, 5.74) is 0.983. The first kappa shape index (κ1) is 11.3. The summed E-state index contributed by atoms with van der Waals surface area (Å²) in [5.74, 6) is 0.231. The number of hydrogen-bond donors (Lipinski definition) is 1. The quantitative estimate of drug-likeness (QED) is 0.878. The molecule has 1 N–H and O–H groups in total. The number of carbonyl (C=O) groups excluding carboxylic acids is 1. The van der Waals surface area contributed by atoms with Crippen LogP contribution in [0.15, 0.2) is 24.3 Å². The van der Waals surface area contributed by atoms with Crippen LogP contribution >= 0.6 is 11.6 Å². The molecular formula is C12H15ClN2O. The molecule has 0 spiro atoms. The Hall–Kier alpha value is -1.22. The van der Waals surface area contributed by atoms with Crippen molar-refractivity contribution in [3.63, 3.8) is 0 Å². The number of likely N-dealkylation sites (tertiary alicyclic amines) is 1. The Balaban J connectivity index is 1.98. The maximum Gasteiger partial charge on any atom is 0.224 e. The van der Waals surface area contributed by atoms with Gasteiger partial charge >= 0.3 is 0 Å². The molecule has 1 amide bonds. The van der Waals surface area contributed by atoms with E-state index in [1.807, 2.05) is 36.1 Å². The topological polar surface area (TPSA) is 32.3 Å². The van der Waals surface area contributed by atoms with E-state index in [2.05, 4.69) is 5.32 Å². The van der Waals surface area contributed by atoms with Crippen LogP contribution in [0, 0.1) is 0 Å². The average molecular weight is 239 g/mol. The van der Waals surface area contributed by atoms with Crippen molar-refractivity contribution in [1.29, 1.82) is 0 Å². The maximum absolute atomic E-state index is 11.5. The third kappa shape index (κ3) is 2.47. The third-order valence-corrected chi connectivity index (χ3v) is 3.05. The Kier molecular flexibility index (Phi) is 3.34. The number of carbonyl (C=O) groups is 1. The molecule has 1 aromatic carbocycles. The van der Waals surface area contributed by atoms with Gasteiger partial charge < -0.3 is 10.2 Å². The highest BCUT2D eigenvalue weighted by molar-refractivity contribution is 6.30. The molecule has 2 rings (SSSR count). The molecule has 0 saturated carbocycles. The zero-order chi connectivity index (χ0) is 11.5. The van der Waals surface area contributed by atoms with Crippen LogP contribution in [0.1, 0.15) is 19.8 Å². The molecule has 0 radical (unpaired) electrons. The zero-order valence-corrected chi connectivity index (χ0v) is 10.00. The van der Waals surface area contributed by atoms with Gasteiger partial charge in [-0.25, -0.2) is 0 Å². The molecule has 0 bridgehead atoms. The first-order valence-corrected chi connectivity index (χ1v) is 5.86. The summed E-state index contributed by atoms with van der Waals surface area (Å²) in [6, 6.07) is 7.50. The Bertz CT molecular complexity index is 377. The summed E-state index contributed by atoms with van der Waals surface area (Å²) >= 11 is 5.81. The van der Waals surface area contributed by atoms with E-state index in [-0.39, 0.29) is 12.1 Å². The molecule has 0 unspecified atom stereocenters. The van der Waals surface area contributed by atoms with E-state index >= 15 is 0 Å². The van der Waals surface area contributed by atoms with Gasteiger partial charge in [0.25, 0.3) is 0 Å². The van der Waals surface area contributed by atoms with Gasteiger partial charge in [-0.3, -0.25) is 4.79 Å². The summed E-state index contributed by atoms with van der Waals surface area (Å²) in [6.45, 7) is 2.85. The molecule has 1 atom stereocenters. The molecule has 1 fully saturated rings. The van der Waals surface area contributed by atoms with E-state index in [4.69, 9.17) is 11.6 Å². The van der Waals surface area contributed by atoms with E-state index in [9.17, 15) is 4.79 Å². The molecule has 1 aliphatic rings. The SMILES string of the molecule is C[C@H](Nc1ccc(Cl)cc1)N1CCCC1=O. The summed E-state index contributed by atoms with van der Waals surface area (Å²) < 4.78 is 0. The predicted octanol–water partition coefficient (Wildman–Crippen LogP) is 2.72. The largest absolute Gasteiger partial charge is 0.365 e. The number of hydrogen-bond acceptors (Lipinski definition) is 2. The smallest absolute Gasteiger partial charge is 0.224 e. The molecule has 16 heavy (non-hydrogen) atoms. The number of anilines is 1. The van der Waals surface area contributed by atoms with E-state index in [0.29, 0.717) is 6.42 Å². The van der Waals surface area contributed by atoms with E-state index in [1.54, 1.807) is 0 Å². The monoisotopic (exact) mass is 238 g/mol. The highest BCUT2D eigenvalue weighted by atomic mass is 35.5. The zero-order valence-electron chi connectivity index (χ0n) is 9.24. The Labute approximate surface area is 100 Å². The van der Waals surface area contributed by atoms with Crippen LogP contribution in [0.3, 0.4) is 0 Å². The second kappa shape index (κ2) is 4.74. The summed E-state index contributed by atoms with van der Waals surface area (Å²) in [5, 5.41) is 4.01. The van der Waals surface area contributed by atoms with Gasteiger partial charge in [0.15, 0.2) is 0 Å². The summed E-state index contributed by atoms with van der Waals surface area (Å²) in [4.78, 5) is 13.4. The molecule has 1 saturated heterocycles. The number of halogens is 1. The Morgan fingerprint density at radius 2 is 2.06 bits per heavy atom. The second-order valence-electron chi connectivity index (χ2n) is 4.02. The molecule has 4 heteroatoms. The predicted molar refractivity (Wildman–Crippen MR) is 65.5 cm³/mol. The third-order valence-electron chi connectivity index (χ3n) is 2.80. The first-order chi connectivity index (χ1) is 7.66. The van der Waals surface area contributed by atoms with Crippen LogP contribution in [0.25, 0.3) is 0 Å². The van der Waals surface area contributed by atoms with Gasteiger partial charge in [-0.2, -0.15) is 0 Å². The Morgan fingerprint density at radius 3 is 2.62 bits per heavy atom. The minimum atomic E-state index is 0.0381. The van der Waals surface area contributed by atoms with Crippen LogP contribution in [-0.4, -0.2) is 23.5 Å². The van der Waals surface area contributed by atoms with Crippen molar-refractivity contribution in [2.75, 3.05) is 11.9 Å². The fraction of sp³-hybridized carbons (Fsp3) is 0.417. The van der Waals surface area contributed by atoms with Crippen LogP contribution in [0.5, 0.6) is 0 Å².